The fraction of sp³-hybridized carbons (Fsp3) is 0.500. The number of likely N-dealkylation sites (tertiary alicyclic amines) is 1. The summed E-state index contributed by atoms with van der Waals surface area (Å²) in [6, 6.07) is 5.02. The lowest BCUT2D eigenvalue weighted by molar-refractivity contribution is -0.120. The number of hydrogen-bond donors (Lipinski definition) is 2. The number of benzene rings is 1. The minimum Gasteiger partial charge on any atom is -0.481 e. The summed E-state index contributed by atoms with van der Waals surface area (Å²) in [5.41, 5.74) is 0.786. The van der Waals surface area contributed by atoms with E-state index in [-0.39, 0.29) is 24.6 Å². The molecule has 2 N–H and O–H groups in total. The number of fused-ring (bicyclic) bond motifs is 1. The second-order valence-corrected chi connectivity index (χ2v) is 7.12. The van der Waals surface area contributed by atoms with E-state index in [4.69, 9.17) is 9.47 Å². The molecule has 3 aliphatic rings. The van der Waals surface area contributed by atoms with Crippen molar-refractivity contribution < 1.29 is 23.9 Å². The Bertz CT molecular complexity index is 798. The van der Waals surface area contributed by atoms with Gasteiger partial charge in [0.15, 0.2) is 6.61 Å². The van der Waals surface area contributed by atoms with Gasteiger partial charge in [-0.25, -0.2) is 9.59 Å². The molecule has 0 bridgehead atoms. The van der Waals surface area contributed by atoms with E-state index in [9.17, 15) is 14.4 Å². The summed E-state index contributed by atoms with van der Waals surface area (Å²) in [4.78, 5) is 39.0. The lowest BCUT2D eigenvalue weighted by atomic mass is 9.95. The molecular weight excluding hydrogens is 352 g/mol. The zero-order chi connectivity index (χ0) is 19.0. The summed E-state index contributed by atoms with van der Waals surface area (Å²) in [6.07, 6.45) is 1.73. The number of amides is 4. The van der Waals surface area contributed by atoms with Gasteiger partial charge in [0.2, 0.25) is 0 Å². The number of urea groups is 1. The molecule has 9 nitrogen and oxygen atoms in total. The Kier molecular flexibility index (Phi) is 4.29. The summed E-state index contributed by atoms with van der Waals surface area (Å²) in [5, 5.41) is 5.59. The van der Waals surface area contributed by atoms with Crippen molar-refractivity contribution in [3.63, 3.8) is 0 Å². The van der Waals surface area contributed by atoms with E-state index in [0.717, 1.165) is 12.8 Å². The second-order valence-electron chi connectivity index (χ2n) is 7.12. The van der Waals surface area contributed by atoms with Gasteiger partial charge in [-0.05, 0) is 25.0 Å². The number of carbonyl (C=O) groups excluding carboxylic acids is 3. The molecule has 0 radical (unpaired) electrons. The van der Waals surface area contributed by atoms with Crippen LogP contribution < -0.4 is 20.3 Å². The Balaban J connectivity index is 1.41. The lowest BCUT2D eigenvalue weighted by Gasteiger charge is -2.27. The topological polar surface area (TPSA) is 100 Å². The number of anilines is 2. The number of carbonyl (C=O) groups is 3. The predicted octanol–water partition coefficient (Wildman–Crippen LogP) is 1.54. The van der Waals surface area contributed by atoms with Crippen molar-refractivity contribution in [2.24, 2.45) is 0 Å². The molecule has 0 unspecified atom stereocenters. The van der Waals surface area contributed by atoms with E-state index in [1.54, 1.807) is 30.1 Å². The molecule has 27 heavy (non-hydrogen) atoms. The minimum absolute atomic E-state index is 0.0120. The van der Waals surface area contributed by atoms with E-state index in [1.165, 1.54) is 4.90 Å². The molecule has 3 aliphatic heterocycles. The van der Waals surface area contributed by atoms with Crippen LogP contribution in [0.15, 0.2) is 18.2 Å². The highest BCUT2D eigenvalue weighted by atomic mass is 16.6. The molecule has 4 rings (SSSR count). The summed E-state index contributed by atoms with van der Waals surface area (Å²) in [7, 11) is 1.69. The molecule has 0 aliphatic carbocycles. The van der Waals surface area contributed by atoms with Crippen LogP contribution in [0.5, 0.6) is 5.75 Å². The highest BCUT2D eigenvalue weighted by molar-refractivity contribution is 5.98. The number of nitrogens with one attached hydrogen (secondary N) is 2. The smallest absolute Gasteiger partial charge is 0.407 e. The number of likely N-dealkylation sites (N-methyl/N-ethyl adjacent to an activating group) is 1. The van der Waals surface area contributed by atoms with Gasteiger partial charge in [-0.3, -0.25) is 4.79 Å². The van der Waals surface area contributed by atoms with Crippen molar-refractivity contribution in [3.05, 3.63) is 18.2 Å². The van der Waals surface area contributed by atoms with Crippen molar-refractivity contribution >= 4 is 29.4 Å². The SMILES string of the molecule is CN1C(=O)COc2cc(NC(=O)N3CCC[C@@]4(CC3)CNC(=O)O4)ccc21. The van der Waals surface area contributed by atoms with Gasteiger partial charge in [0, 0.05) is 38.3 Å². The highest BCUT2D eigenvalue weighted by Crippen LogP contribution is 2.34. The van der Waals surface area contributed by atoms with E-state index < -0.39 is 5.60 Å². The van der Waals surface area contributed by atoms with Crippen LogP contribution in [0.3, 0.4) is 0 Å². The monoisotopic (exact) mass is 374 g/mol. The quantitative estimate of drug-likeness (QED) is 0.777. The Morgan fingerprint density at radius 1 is 1.26 bits per heavy atom. The van der Waals surface area contributed by atoms with Gasteiger partial charge >= 0.3 is 12.1 Å². The highest BCUT2D eigenvalue weighted by Gasteiger charge is 2.41. The van der Waals surface area contributed by atoms with E-state index in [2.05, 4.69) is 10.6 Å². The molecule has 2 fully saturated rings. The van der Waals surface area contributed by atoms with Crippen LogP contribution in [0.25, 0.3) is 0 Å². The first-order valence-corrected chi connectivity index (χ1v) is 9.02. The molecule has 144 valence electrons. The first-order valence-electron chi connectivity index (χ1n) is 9.02. The van der Waals surface area contributed by atoms with Gasteiger partial charge in [0.1, 0.15) is 11.4 Å². The molecule has 3 heterocycles. The molecule has 1 aromatic carbocycles. The standard InChI is InChI=1S/C18H22N4O5/c1-21-13-4-3-12(9-14(13)26-10-15(21)23)20-16(24)22-7-2-5-18(6-8-22)11-19-17(25)27-18/h3-4,9H,2,5-8,10-11H2,1H3,(H,19,25)(H,20,24)/t18-/m1/s1. The van der Waals surface area contributed by atoms with Crippen LogP contribution in [0, 0.1) is 0 Å². The molecule has 9 heteroatoms. The molecule has 0 saturated carbocycles. The van der Waals surface area contributed by atoms with Crippen LogP contribution in [0.4, 0.5) is 21.0 Å². The third-order valence-electron chi connectivity index (χ3n) is 5.35. The lowest BCUT2D eigenvalue weighted by Crippen LogP contribution is -2.38. The van der Waals surface area contributed by atoms with E-state index >= 15 is 0 Å². The molecule has 2 saturated heterocycles. The van der Waals surface area contributed by atoms with Gasteiger partial charge in [-0.15, -0.1) is 0 Å². The Morgan fingerprint density at radius 3 is 2.89 bits per heavy atom. The summed E-state index contributed by atoms with van der Waals surface area (Å²) in [6.45, 7) is 1.60. The molecule has 1 aromatic rings. The largest absolute Gasteiger partial charge is 0.481 e. The van der Waals surface area contributed by atoms with Crippen molar-refractivity contribution in [1.82, 2.24) is 10.2 Å². The predicted molar refractivity (Wildman–Crippen MR) is 97.0 cm³/mol. The molecule has 0 aromatic heterocycles. The van der Waals surface area contributed by atoms with Gasteiger partial charge in [-0.2, -0.15) is 0 Å². The summed E-state index contributed by atoms with van der Waals surface area (Å²) in [5.74, 6) is 0.452. The summed E-state index contributed by atoms with van der Waals surface area (Å²) >= 11 is 0. The zero-order valence-electron chi connectivity index (χ0n) is 15.1. The summed E-state index contributed by atoms with van der Waals surface area (Å²) < 4.78 is 10.9. The van der Waals surface area contributed by atoms with Crippen LogP contribution in [-0.4, -0.2) is 61.8 Å². The maximum absolute atomic E-state index is 12.7. The fourth-order valence-electron chi connectivity index (χ4n) is 3.71. The molecule has 1 spiro atoms. The van der Waals surface area contributed by atoms with E-state index in [1.807, 2.05) is 0 Å². The van der Waals surface area contributed by atoms with Crippen molar-refractivity contribution in [2.45, 2.75) is 24.9 Å². The second kappa shape index (κ2) is 6.64. The molecule has 4 amide bonds. The maximum Gasteiger partial charge on any atom is 0.407 e. The van der Waals surface area contributed by atoms with Gasteiger partial charge in [0.05, 0.1) is 12.2 Å². The Labute approximate surface area is 156 Å². The average molecular weight is 374 g/mol. The van der Waals surface area contributed by atoms with Crippen LogP contribution >= 0.6 is 0 Å². The molecular formula is C18H22N4O5. The van der Waals surface area contributed by atoms with Gasteiger partial charge in [0.25, 0.3) is 5.91 Å². The number of hydrogen-bond acceptors (Lipinski definition) is 5. The van der Waals surface area contributed by atoms with Gasteiger partial charge < -0.3 is 29.9 Å². The Hall–Kier alpha value is -2.97. The minimum atomic E-state index is -0.497. The molecule has 1 atom stereocenters. The number of ether oxygens (including phenoxy) is 2. The van der Waals surface area contributed by atoms with Crippen molar-refractivity contribution in [2.75, 3.05) is 43.5 Å². The third-order valence-corrected chi connectivity index (χ3v) is 5.35. The van der Waals surface area contributed by atoms with Crippen molar-refractivity contribution in [1.29, 1.82) is 0 Å². The first kappa shape index (κ1) is 17.4. The maximum atomic E-state index is 12.7. The Morgan fingerprint density at radius 2 is 2.11 bits per heavy atom. The number of rotatable bonds is 1. The van der Waals surface area contributed by atoms with E-state index in [0.29, 0.717) is 43.2 Å². The third kappa shape index (κ3) is 3.36. The van der Waals surface area contributed by atoms with Crippen molar-refractivity contribution in [3.8, 4) is 5.75 Å². The normalized spacial score (nSPS) is 24.6. The van der Waals surface area contributed by atoms with Crippen LogP contribution in [-0.2, 0) is 9.53 Å². The number of alkyl carbamates (subject to hydrolysis) is 1. The first-order chi connectivity index (χ1) is 13.0. The van der Waals surface area contributed by atoms with Crippen LogP contribution in [0.1, 0.15) is 19.3 Å². The number of nitrogens with zero attached hydrogens (tertiary/aromatic N) is 2. The average Bonchev–Trinajstić information content (AvgIpc) is 2.88. The zero-order valence-corrected chi connectivity index (χ0v) is 15.1. The van der Waals surface area contributed by atoms with Gasteiger partial charge in [-0.1, -0.05) is 0 Å². The fourth-order valence-corrected chi connectivity index (χ4v) is 3.71. The van der Waals surface area contributed by atoms with Crippen LogP contribution in [0.2, 0.25) is 0 Å².